The van der Waals surface area contributed by atoms with Crippen LogP contribution in [-0.4, -0.2) is 22.7 Å². The maximum Gasteiger partial charge on any atom is 0.331 e. The zero-order valence-electron chi connectivity index (χ0n) is 17.0. The van der Waals surface area contributed by atoms with Gasteiger partial charge in [-0.25, -0.2) is 4.79 Å². The number of imide groups is 2. The average Bonchev–Trinajstić information content (AvgIpc) is 2.80. The quantitative estimate of drug-likeness (QED) is 0.444. The third kappa shape index (κ3) is 4.87. The fraction of sp³-hybridized carbons (Fsp3) is 0.0800. The van der Waals surface area contributed by atoms with Crippen molar-refractivity contribution in [3.05, 3.63) is 106 Å². The Morgan fingerprint density at radius 2 is 1.56 bits per heavy atom. The molecule has 1 aliphatic heterocycles. The summed E-state index contributed by atoms with van der Waals surface area (Å²) in [4.78, 5) is 38.4. The Kier molecular flexibility index (Phi) is 6.33. The molecule has 0 aliphatic carbocycles. The van der Waals surface area contributed by atoms with Crippen LogP contribution in [0.25, 0.3) is 6.08 Å². The lowest BCUT2D eigenvalue weighted by atomic mass is 10.1. The Labute approximate surface area is 190 Å². The van der Waals surface area contributed by atoms with E-state index in [0.29, 0.717) is 22.9 Å². The van der Waals surface area contributed by atoms with Crippen molar-refractivity contribution in [1.82, 2.24) is 10.2 Å². The van der Waals surface area contributed by atoms with Crippen LogP contribution < -0.4 is 10.1 Å². The molecule has 1 saturated heterocycles. The first-order valence-corrected chi connectivity index (χ1v) is 10.3. The summed E-state index contributed by atoms with van der Waals surface area (Å²) in [6.07, 6.45) is 1.46. The molecule has 0 spiro atoms. The second-order valence-electron chi connectivity index (χ2n) is 7.14. The Morgan fingerprint density at radius 3 is 2.28 bits per heavy atom. The Bertz CT molecular complexity index is 1190. The summed E-state index contributed by atoms with van der Waals surface area (Å²) in [5.41, 5.74) is 2.17. The predicted molar refractivity (Wildman–Crippen MR) is 121 cm³/mol. The number of amides is 4. The monoisotopic (exact) mass is 446 g/mol. The number of carbonyl (C=O) groups is 3. The normalized spacial score (nSPS) is 15.1. The zero-order valence-corrected chi connectivity index (χ0v) is 17.7. The summed E-state index contributed by atoms with van der Waals surface area (Å²) in [5, 5.41) is 2.86. The van der Waals surface area contributed by atoms with Gasteiger partial charge in [0.15, 0.2) is 0 Å². The first-order valence-electron chi connectivity index (χ1n) is 9.90. The van der Waals surface area contributed by atoms with Gasteiger partial charge in [0, 0.05) is 10.6 Å². The van der Waals surface area contributed by atoms with Crippen LogP contribution in [-0.2, 0) is 22.7 Å². The molecule has 1 fully saturated rings. The van der Waals surface area contributed by atoms with Crippen LogP contribution >= 0.6 is 11.6 Å². The number of nitrogens with one attached hydrogen (secondary N) is 1. The minimum absolute atomic E-state index is 0.0744. The van der Waals surface area contributed by atoms with Gasteiger partial charge in [-0.3, -0.25) is 19.8 Å². The topological polar surface area (TPSA) is 75.7 Å². The van der Waals surface area contributed by atoms with Crippen molar-refractivity contribution in [2.24, 2.45) is 0 Å². The van der Waals surface area contributed by atoms with Gasteiger partial charge < -0.3 is 4.74 Å². The molecule has 0 radical (unpaired) electrons. The lowest BCUT2D eigenvalue weighted by Crippen LogP contribution is -2.53. The van der Waals surface area contributed by atoms with Gasteiger partial charge in [-0.05, 0) is 35.4 Å². The molecule has 0 unspecified atom stereocenters. The van der Waals surface area contributed by atoms with Crippen molar-refractivity contribution in [2.75, 3.05) is 0 Å². The molecule has 7 heteroatoms. The summed E-state index contributed by atoms with van der Waals surface area (Å²) in [6, 6.07) is 22.7. The molecule has 4 amide bonds. The molecule has 0 bridgehead atoms. The van der Waals surface area contributed by atoms with E-state index in [4.69, 9.17) is 16.3 Å². The molecule has 4 rings (SSSR count). The molecule has 0 saturated carbocycles. The second kappa shape index (κ2) is 9.49. The van der Waals surface area contributed by atoms with Gasteiger partial charge in [0.05, 0.1) is 6.54 Å². The highest BCUT2D eigenvalue weighted by Crippen LogP contribution is 2.21. The summed E-state index contributed by atoms with van der Waals surface area (Å²) in [6.45, 7) is 0.391. The van der Waals surface area contributed by atoms with E-state index in [2.05, 4.69) is 5.32 Å². The van der Waals surface area contributed by atoms with Gasteiger partial charge in [0.25, 0.3) is 11.8 Å². The van der Waals surface area contributed by atoms with Crippen molar-refractivity contribution < 1.29 is 19.1 Å². The van der Waals surface area contributed by atoms with E-state index < -0.39 is 17.8 Å². The maximum absolute atomic E-state index is 12.9. The first kappa shape index (κ1) is 21.3. The van der Waals surface area contributed by atoms with Crippen molar-refractivity contribution in [3.8, 4) is 5.75 Å². The molecular formula is C25H19ClN2O4. The minimum atomic E-state index is -0.732. The number of carbonyl (C=O) groups excluding carboxylic acids is 3. The number of hydrogen-bond donors (Lipinski definition) is 1. The smallest absolute Gasteiger partial charge is 0.331 e. The van der Waals surface area contributed by atoms with E-state index in [1.165, 1.54) is 6.08 Å². The van der Waals surface area contributed by atoms with Gasteiger partial charge in [0.1, 0.15) is 17.9 Å². The number of urea groups is 1. The van der Waals surface area contributed by atoms with E-state index in [1.807, 2.05) is 48.5 Å². The summed E-state index contributed by atoms with van der Waals surface area (Å²) >= 11 is 6.14. The minimum Gasteiger partial charge on any atom is -0.489 e. The van der Waals surface area contributed by atoms with Gasteiger partial charge >= 0.3 is 6.03 Å². The molecule has 1 N–H and O–H groups in total. The molecule has 1 heterocycles. The maximum atomic E-state index is 12.9. The number of halogens is 1. The number of hydrogen-bond acceptors (Lipinski definition) is 4. The van der Waals surface area contributed by atoms with Crippen LogP contribution in [0.4, 0.5) is 4.79 Å². The standard InChI is InChI=1S/C25H19ClN2O4/c26-22-9-5-4-8-19(22)16-32-20-12-10-17(11-13-20)14-21-23(29)27-25(31)28(24(21)30)15-18-6-2-1-3-7-18/h1-14H,15-16H2,(H,27,29,31)/b21-14+. The molecule has 160 valence electrons. The van der Waals surface area contributed by atoms with Crippen LogP contribution in [0.15, 0.2) is 84.4 Å². The van der Waals surface area contributed by atoms with E-state index in [0.717, 1.165) is 16.0 Å². The van der Waals surface area contributed by atoms with E-state index in [1.54, 1.807) is 30.3 Å². The Morgan fingerprint density at radius 1 is 0.875 bits per heavy atom. The lowest BCUT2D eigenvalue weighted by Gasteiger charge is -2.26. The van der Waals surface area contributed by atoms with Crippen molar-refractivity contribution >= 4 is 35.5 Å². The van der Waals surface area contributed by atoms with Gasteiger partial charge in [-0.2, -0.15) is 0 Å². The highest BCUT2D eigenvalue weighted by atomic mass is 35.5. The van der Waals surface area contributed by atoms with E-state index in [-0.39, 0.29) is 12.1 Å². The molecule has 3 aromatic rings. The third-order valence-electron chi connectivity index (χ3n) is 4.91. The number of nitrogens with zero attached hydrogens (tertiary/aromatic N) is 1. The predicted octanol–water partition coefficient (Wildman–Crippen LogP) is 4.58. The van der Waals surface area contributed by atoms with Gasteiger partial charge in [-0.15, -0.1) is 0 Å². The van der Waals surface area contributed by atoms with Crippen molar-refractivity contribution in [2.45, 2.75) is 13.2 Å². The van der Waals surface area contributed by atoms with E-state index in [9.17, 15) is 14.4 Å². The number of barbiturate groups is 1. The molecule has 32 heavy (non-hydrogen) atoms. The summed E-state index contributed by atoms with van der Waals surface area (Å²) in [5.74, 6) is -0.739. The molecule has 6 nitrogen and oxygen atoms in total. The Balaban J connectivity index is 1.48. The number of benzene rings is 3. The summed E-state index contributed by atoms with van der Waals surface area (Å²) in [7, 11) is 0. The largest absolute Gasteiger partial charge is 0.489 e. The summed E-state index contributed by atoms with van der Waals surface area (Å²) < 4.78 is 5.75. The highest BCUT2D eigenvalue weighted by Gasteiger charge is 2.35. The SMILES string of the molecule is O=C1NC(=O)N(Cc2ccccc2)C(=O)/C1=C/c1ccc(OCc2ccccc2Cl)cc1. The number of ether oxygens (including phenoxy) is 1. The van der Waals surface area contributed by atoms with Crippen molar-refractivity contribution in [3.63, 3.8) is 0 Å². The van der Waals surface area contributed by atoms with Crippen LogP contribution in [0, 0.1) is 0 Å². The lowest BCUT2D eigenvalue weighted by molar-refractivity contribution is -0.130. The van der Waals surface area contributed by atoms with Gasteiger partial charge in [-0.1, -0.05) is 72.3 Å². The van der Waals surface area contributed by atoms with Gasteiger partial charge in [0.2, 0.25) is 0 Å². The fourth-order valence-corrected chi connectivity index (χ4v) is 3.40. The second-order valence-corrected chi connectivity index (χ2v) is 7.55. The molecule has 0 atom stereocenters. The molecule has 1 aliphatic rings. The molecule has 3 aromatic carbocycles. The molecule has 0 aromatic heterocycles. The third-order valence-corrected chi connectivity index (χ3v) is 5.28. The highest BCUT2D eigenvalue weighted by molar-refractivity contribution is 6.31. The first-order chi connectivity index (χ1) is 15.5. The number of rotatable bonds is 6. The zero-order chi connectivity index (χ0) is 22.5. The van der Waals surface area contributed by atoms with Crippen LogP contribution in [0.5, 0.6) is 5.75 Å². The average molecular weight is 447 g/mol. The van der Waals surface area contributed by atoms with Crippen LogP contribution in [0.3, 0.4) is 0 Å². The van der Waals surface area contributed by atoms with E-state index >= 15 is 0 Å². The van der Waals surface area contributed by atoms with Crippen LogP contribution in [0.2, 0.25) is 5.02 Å². The molecular weight excluding hydrogens is 428 g/mol. The van der Waals surface area contributed by atoms with Crippen LogP contribution in [0.1, 0.15) is 16.7 Å². The fourth-order valence-electron chi connectivity index (χ4n) is 3.21. The van der Waals surface area contributed by atoms with Crippen molar-refractivity contribution in [1.29, 1.82) is 0 Å². The Hall–Kier alpha value is -3.90.